The molecule has 0 aliphatic carbocycles. The maximum atomic E-state index is 13.7. The highest BCUT2D eigenvalue weighted by Crippen LogP contribution is 2.54. The maximum absolute atomic E-state index is 13.7. The molecule has 1 atom stereocenters. The quantitative estimate of drug-likeness (QED) is 0.148. The molecule has 7 heteroatoms. The Balaban J connectivity index is 2.58. The lowest BCUT2D eigenvalue weighted by Crippen LogP contribution is -2.32. The van der Waals surface area contributed by atoms with Crippen molar-refractivity contribution in [3.8, 4) is 0 Å². The molecule has 0 amide bonds. The van der Waals surface area contributed by atoms with Gasteiger partial charge in [0.15, 0.2) is 0 Å². The molecule has 1 aliphatic heterocycles. The van der Waals surface area contributed by atoms with E-state index in [2.05, 4.69) is 42.3 Å². The van der Waals surface area contributed by atoms with Gasteiger partial charge in [-0.2, -0.15) is 0 Å². The molecule has 1 heterocycles. The summed E-state index contributed by atoms with van der Waals surface area (Å²) < 4.78 is 30.1. The highest BCUT2D eigenvalue weighted by molar-refractivity contribution is 7.52. The van der Waals surface area contributed by atoms with Crippen LogP contribution in [0.15, 0.2) is 4.76 Å². The van der Waals surface area contributed by atoms with E-state index in [1.165, 1.54) is 57.8 Å². The van der Waals surface area contributed by atoms with E-state index in [9.17, 15) is 4.57 Å². The molecule has 1 saturated heterocycles. The van der Waals surface area contributed by atoms with Crippen LogP contribution >= 0.6 is 7.75 Å². The molecular formula is C27H56N3O3P. The van der Waals surface area contributed by atoms with Crippen LogP contribution in [0.25, 0.3) is 0 Å². The summed E-state index contributed by atoms with van der Waals surface area (Å²) in [6.45, 7) is 17.7. The molecule has 1 unspecified atom stereocenters. The van der Waals surface area contributed by atoms with Crippen LogP contribution < -0.4 is 0 Å². The molecular weight excluding hydrogens is 445 g/mol. The number of nitrogens with zero attached hydrogens (tertiary/aromatic N) is 3. The van der Waals surface area contributed by atoms with E-state index in [0.717, 1.165) is 44.9 Å². The van der Waals surface area contributed by atoms with Gasteiger partial charge in [-0.25, -0.2) is 4.57 Å². The van der Waals surface area contributed by atoms with Gasteiger partial charge >= 0.3 is 7.75 Å². The third kappa shape index (κ3) is 14.7. The Hall–Kier alpha value is -0.580. The zero-order chi connectivity index (χ0) is 25.7. The lowest BCUT2D eigenvalue weighted by Gasteiger charge is -2.27. The molecule has 0 radical (unpaired) electrons. The number of hydrogen-bond acceptors (Lipinski definition) is 3. The Bertz CT molecular complexity index is 626. The zero-order valence-electron chi connectivity index (χ0n) is 23.8. The summed E-state index contributed by atoms with van der Waals surface area (Å²) in [5.74, 6) is 0.749. The first-order valence-corrected chi connectivity index (χ1v) is 15.4. The second kappa shape index (κ2) is 15.5. The SMILES string of the molecule is CCCCCCCCCCCCN1CCN(C)C1=NP(=O)(OCCCC(C)(C)C)OC(C)(C)C. The van der Waals surface area contributed by atoms with E-state index < -0.39 is 13.3 Å². The molecule has 0 aromatic carbocycles. The maximum Gasteiger partial charge on any atom is 0.457 e. The first kappa shape index (κ1) is 31.4. The summed E-state index contributed by atoms with van der Waals surface area (Å²) in [5.41, 5.74) is -0.371. The first-order chi connectivity index (χ1) is 15.9. The fourth-order valence-corrected chi connectivity index (χ4v) is 5.87. The Morgan fingerprint density at radius 1 is 0.853 bits per heavy atom. The first-order valence-electron chi connectivity index (χ1n) is 13.9. The van der Waals surface area contributed by atoms with Crippen LogP contribution in [-0.2, 0) is 13.6 Å². The molecule has 6 nitrogen and oxygen atoms in total. The smallest absolute Gasteiger partial charge is 0.344 e. The topological polar surface area (TPSA) is 54.4 Å². The molecule has 0 aromatic rings. The number of hydrogen-bond donors (Lipinski definition) is 0. The highest BCUT2D eigenvalue weighted by atomic mass is 31.2. The third-order valence-corrected chi connectivity index (χ3v) is 7.75. The minimum Gasteiger partial charge on any atom is -0.344 e. The summed E-state index contributed by atoms with van der Waals surface area (Å²) >= 11 is 0. The normalized spacial score (nSPS) is 18.2. The molecule has 1 fully saturated rings. The minimum absolute atomic E-state index is 0.224. The van der Waals surface area contributed by atoms with E-state index >= 15 is 0 Å². The average molecular weight is 502 g/mol. The molecule has 1 rings (SSSR count). The van der Waals surface area contributed by atoms with Crippen LogP contribution in [-0.4, -0.2) is 54.6 Å². The molecule has 0 aromatic heterocycles. The van der Waals surface area contributed by atoms with Gasteiger partial charge in [0.25, 0.3) is 0 Å². The van der Waals surface area contributed by atoms with Crippen molar-refractivity contribution in [3.05, 3.63) is 0 Å². The van der Waals surface area contributed by atoms with Crippen molar-refractivity contribution in [2.75, 3.05) is 33.3 Å². The summed E-state index contributed by atoms with van der Waals surface area (Å²) in [5, 5.41) is 0. The van der Waals surface area contributed by atoms with Gasteiger partial charge in [0.05, 0.1) is 12.2 Å². The summed E-state index contributed by atoms with van der Waals surface area (Å²) in [4.78, 5) is 4.33. The van der Waals surface area contributed by atoms with Gasteiger partial charge in [-0.15, -0.1) is 4.76 Å². The largest absolute Gasteiger partial charge is 0.457 e. The van der Waals surface area contributed by atoms with E-state index in [-0.39, 0.29) is 5.41 Å². The fourth-order valence-electron chi connectivity index (χ4n) is 4.17. The molecule has 202 valence electrons. The Morgan fingerprint density at radius 2 is 1.41 bits per heavy atom. The predicted molar refractivity (Wildman–Crippen MR) is 147 cm³/mol. The minimum atomic E-state index is -3.61. The summed E-state index contributed by atoms with van der Waals surface area (Å²) in [6.07, 6.45) is 15.1. The molecule has 34 heavy (non-hydrogen) atoms. The van der Waals surface area contributed by atoms with Crippen molar-refractivity contribution in [2.45, 2.75) is 131 Å². The van der Waals surface area contributed by atoms with Gasteiger partial charge in [0.1, 0.15) is 0 Å². The Labute approximate surface area is 211 Å². The van der Waals surface area contributed by atoms with Crippen molar-refractivity contribution in [1.29, 1.82) is 0 Å². The average Bonchev–Trinajstić information content (AvgIpc) is 3.04. The molecule has 0 spiro atoms. The van der Waals surface area contributed by atoms with Crippen LogP contribution in [0.4, 0.5) is 0 Å². The van der Waals surface area contributed by atoms with Crippen molar-refractivity contribution in [3.63, 3.8) is 0 Å². The number of rotatable bonds is 17. The van der Waals surface area contributed by atoms with Crippen molar-refractivity contribution in [1.82, 2.24) is 9.80 Å². The standard InChI is InChI=1S/C27H56N3O3P/c1-9-10-11-12-13-14-15-16-17-18-21-30-23-22-29(8)25(30)28-34(31,33-27(5,6)7)32-24-19-20-26(2,3)4/h9-24H2,1-8H3. The molecule has 0 N–H and O–H groups in total. The third-order valence-electron chi connectivity index (χ3n) is 6.04. The number of likely N-dealkylation sites (N-methyl/N-ethyl adjacent to an activating group) is 1. The van der Waals surface area contributed by atoms with Gasteiger partial charge in [-0.3, -0.25) is 9.05 Å². The Kier molecular flexibility index (Phi) is 14.4. The van der Waals surface area contributed by atoms with Crippen LogP contribution in [0, 0.1) is 5.41 Å². The van der Waals surface area contributed by atoms with Crippen molar-refractivity contribution < 1.29 is 13.6 Å². The second-order valence-corrected chi connectivity index (χ2v) is 13.7. The van der Waals surface area contributed by atoms with Crippen LogP contribution in [0.3, 0.4) is 0 Å². The lowest BCUT2D eigenvalue weighted by molar-refractivity contribution is 0.0925. The predicted octanol–water partition coefficient (Wildman–Crippen LogP) is 8.28. The summed E-state index contributed by atoms with van der Waals surface area (Å²) in [6, 6.07) is 0. The molecule has 1 aliphatic rings. The van der Waals surface area contributed by atoms with E-state index in [1.54, 1.807) is 0 Å². The van der Waals surface area contributed by atoms with Gasteiger partial charge < -0.3 is 9.80 Å². The fraction of sp³-hybridized carbons (Fsp3) is 0.963. The number of guanidine groups is 1. The highest BCUT2D eigenvalue weighted by Gasteiger charge is 2.35. The Morgan fingerprint density at radius 3 is 1.94 bits per heavy atom. The summed E-state index contributed by atoms with van der Waals surface area (Å²) in [7, 11) is -1.60. The van der Waals surface area contributed by atoms with Gasteiger partial charge in [-0.1, -0.05) is 85.5 Å². The van der Waals surface area contributed by atoms with Crippen LogP contribution in [0.1, 0.15) is 126 Å². The van der Waals surface area contributed by atoms with Gasteiger partial charge in [0.2, 0.25) is 5.96 Å². The number of unbranched alkanes of at least 4 members (excludes halogenated alkanes) is 9. The van der Waals surface area contributed by atoms with Crippen LogP contribution in [0.5, 0.6) is 0 Å². The monoisotopic (exact) mass is 501 g/mol. The molecule has 0 bridgehead atoms. The van der Waals surface area contributed by atoms with E-state index in [1.807, 2.05) is 27.8 Å². The zero-order valence-corrected chi connectivity index (χ0v) is 24.7. The van der Waals surface area contributed by atoms with Crippen LogP contribution in [0.2, 0.25) is 0 Å². The lowest BCUT2D eigenvalue weighted by atomic mass is 9.91. The van der Waals surface area contributed by atoms with Gasteiger partial charge in [-0.05, 0) is 45.4 Å². The molecule has 0 saturated carbocycles. The van der Waals surface area contributed by atoms with E-state index in [0.29, 0.717) is 6.61 Å². The van der Waals surface area contributed by atoms with E-state index in [4.69, 9.17) is 9.05 Å². The van der Waals surface area contributed by atoms with Gasteiger partial charge in [0, 0.05) is 26.7 Å². The van der Waals surface area contributed by atoms with Crippen molar-refractivity contribution >= 4 is 13.7 Å². The second-order valence-electron chi connectivity index (χ2n) is 12.2. The van der Waals surface area contributed by atoms with Crippen molar-refractivity contribution in [2.24, 2.45) is 10.2 Å².